The Morgan fingerprint density at radius 2 is 1.80 bits per heavy atom. The van der Waals surface area contributed by atoms with Gasteiger partial charge in [0.2, 0.25) is 0 Å². The number of rotatable bonds is 1. The van der Waals surface area contributed by atoms with Crippen molar-refractivity contribution in [2.75, 3.05) is 18.0 Å². The van der Waals surface area contributed by atoms with Crippen LogP contribution in [0.15, 0.2) is 12.4 Å². The summed E-state index contributed by atoms with van der Waals surface area (Å²) in [6.45, 7) is 5.32. The molecule has 3 nitrogen and oxygen atoms in total. The average molecular weight is 215 g/mol. The number of hydrogen-bond donors (Lipinski definition) is 0. The largest absolute Gasteiger partial charge is 0.343 e. The molecule has 15 heavy (non-hydrogen) atoms. The van der Waals surface area contributed by atoms with E-state index in [0.717, 1.165) is 5.69 Å². The molecule has 1 fully saturated rings. The van der Waals surface area contributed by atoms with Crippen molar-refractivity contribution < 1.29 is 8.78 Å². The highest BCUT2D eigenvalue weighted by Gasteiger charge is 2.44. The van der Waals surface area contributed by atoms with Gasteiger partial charge in [-0.3, -0.25) is 4.98 Å². The van der Waals surface area contributed by atoms with Gasteiger partial charge in [0, 0.05) is 0 Å². The zero-order valence-corrected chi connectivity index (χ0v) is 9.17. The standard InChI is InChI=1S/C8H9F2N3.C2H6/c1-6-2-12-7(3-11-6)13-4-8(9,10)5-13;1-2/h2-3H,4-5H2,1H3;1-2H3. The maximum atomic E-state index is 12.5. The molecule has 1 aromatic heterocycles. The highest BCUT2D eigenvalue weighted by Crippen LogP contribution is 2.29. The third-order valence-corrected chi connectivity index (χ3v) is 1.94. The van der Waals surface area contributed by atoms with Crippen LogP contribution in [0.25, 0.3) is 0 Å². The molecule has 0 aromatic carbocycles. The first kappa shape index (κ1) is 11.8. The van der Waals surface area contributed by atoms with Crippen molar-refractivity contribution in [3.8, 4) is 0 Å². The molecule has 0 saturated carbocycles. The van der Waals surface area contributed by atoms with Crippen LogP contribution in [0.5, 0.6) is 0 Å². The molecule has 0 amide bonds. The topological polar surface area (TPSA) is 29.0 Å². The predicted octanol–water partition coefficient (Wildman–Crippen LogP) is 2.27. The number of anilines is 1. The first-order valence-corrected chi connectivity index (χ1v) is 4.98. The molecule has 1 aliphatic rings. The van der Waals surface area contributed by atoms with Gasteiger partial charge >= 0.3 is 0 Å². The van der Waals surface area contributed by atoms with E-state index in [9.17, 15) is 8.78 Å². The van der Waals surface area contributed by atoms with Crippen molar-refractivity contribution in [3.05, 3.63) is 18.1 Å². The van der Waals surface area contributed by atoms with Gasteiger partial charge in [-0.05, 0) is 6.92 Å². The molecular formula is C10H15F2N3. The lowest BCUT2D eigenvalue weighted by Gasteiger charge is -2.39. The zero-order valence-electron chi connectivity index (χ0n) is 9.17. The van der Waals surface area contributed by atoms with E-state index in [1.165, 1.54) is 11.1 Å². The van der Waals surface area contributed by atoms with Crippen LogP contribution in [0.2, 0.25) is 0 Å². The van der Waals surface area contributed by atoms with Crippen LogP contribution in [0.1, 0.15) is 19.5 Å². The van der Waals surface area contributed by atoms with Crippen LogP contribution < -0.4 is 4.90 Å². The Morgan fingerprint density at radius 3 is 2.20 bits per heavy atom. The molecule has 0 atom stereocenters. The normalized spacial score (nSPS) is 17.5. The molecule has 0 bridgehead atoms. The molecule has 1 aliphatic heterocycles. The summed E-state index contributed by atoms with van der Waals surface area (Å²) < 4.78 is 24.9. The van der Waals surface area contributed by atoms with E-state index in [4.69, 9.17) is 0 Å². The van der Waals surface area contributed by atoms with Gasteiger partial charge in [0.25, 0.3) is 5.92 Å². The second-order valence-corrected chi connectivity index (χ2v) is 3.23. The number of aromatic nitrogens is 2. The Bertz CT molecular complexity index is 303. The molecule has 5 heteroatoms. The molecule has 0 spiro atoms. The Morgan fingerprint density at radius 1 is 1.20 bits per heavy atom. The lowest BCUT2D eigenvalue weighted by atomic mass is 10.1. The molecule has 2 heterocycles. The first-order valence-electron chi connectivity index (χ1n) is 4.98. The second kappa shape index (κ2) is 4.51. The van der Waals surface area contributed by atoms with Gasteiger partial charge in [0.15, 0.2) is 0 Å². The van der Waals surface area contributed by atoms with Gasteiger partial charge in [-0.1, -0.05) is 13.8 Å². The molecule has 0 radical (unpaired) electrons. The number of aryl methyl sites for hydroxylation is 1. The Balaban J connectivity index is 0.000000531. The Hall–Kier alpha value is -1.26. The van der Waals surface area contributed by atoms with E-state index in [1.54, 1.807) is 6.20 Å². The summed E-state index contributed by atoms with van der Waals surface area (Å²) in [6.07, 6.45) is 3.09. The predicted molar refractivity (Wildman–Crippen MR) is 55.3 cm³/mol. The molecule has 1 aromatic rings. The van der Waals surface area contributed by atoms with Gasteiger partial charge in [0.05, 0.1) is 31.2 Å². The number of hydrogen-bond acceptors (Lipinski definition) is 3. The summed E-state index contributed by atoms with van der Waals surface area (Å²) in [5.41, 5.74) is 0.788. The van der Waals surface area contributed by atoms with Crippen molar-refractivity contribution in [1.82, 2.24) is 9.97 Å². The quantitative estimate of drug-likeness (QED) is 0.719. The van der Waals surface area contributed by atoms with Gasteiger partial charge in [0.1, 0.15) is 5.82 Å². The maximum absolute atomic E-state index is 12.5. The fraction of sp³-hybridized carbons (Fsp3) is 0.600. The summed E-state index contributed by atoms with van der Waals surface area (Å²) in [5, 5.41) is 0. The van der Waals surface area contributed by atoms with Crippen LogP contribution in [-0.4, -0.2) is 29.0 Å². The van der Waals surface area contributed by atoms with Crippen molar-refractivity contribution in [3.63, 3.8) is 0 Å². The van der Waals surface area contributed by atoms with Crippen LogP contribution in [0.3, 0.4) is 0 Å². The number of alkyl halides is 2. The van der Waals surface area contributed by atoms with Gasteiger partial charge < -0.3 is 4.90 Å². The third kappa shape index (κ3) is 2.84. The van der Waals surface area contributed by atoms with Crippen molar-refractivity contribution >= 4 is 5.82 Å². The van der Waals surface area contributed by atoms with Gasteiger partial charge in [-0.2, -0.15) is 0 Å². The van der Waals surface area contributed by atoms with E-state index in [0.29, 0.717) is 5.82 Å². The summed E-state index contributed by atoms with van der Waals surface area (Å²) >= 11 is 0. The van der Waals surface area contributed by atoms with Crippen molar-refractivity contribution in [1.29, 1.82) is 0 Å². The lowest BCUT2D eigenvalue weighted by molar-refractivity contribution is -0.0267. The van der Waals surface area contributed by atoms with Gasteiger partial charge in [-0.25, -0.2) is 13.8 Å². The molecule has 84 valence electrons. The van der Waals surface area contributed by atoms with E-state index >= 15 is 0 Å². The summed E-state index contributed by atoms with van der Waals surface area (Å²) in [7, 11) is 0. The molecular weight excluding hydrogens is 200 g/mol. The highest BCUT2D eigenvalue weighted by atomic mass is 19.3. The molecule has 0 N–H and O–H groups in total. The van der Waals surface area contributed by atoms with Crippen molar-refractivity contribution in [2.45, 2.75) is 26.7 Å². The third-order valence-electron chi connectivity index (χ3n) is 1.94. The van der Waals surface area contributed by atoms with Crippen LogP contribution in [0, 0.1) is 6.92 Å². The van der Waals surface area contributed by atoms with Crippen LogP contribution in [0.4, 0.5) is 14.6 Å². The molecule has 0 unspecified atom stereocenters. The SMILES string of the molecule is CC.Cc1cnc(N2CC(F)(F)C2)cn1. The van der Waals surface area contributed by atoms with E-state index in [-0.39, 0.29) is 13.1 Å². The summed E-state index contributed by atoms with van der Waals surface area (Å²) in [4.78, 5) is 9.48. The van der Waals surface area contributed by atoms with Crippen LogP contribution in [-0.2, 0) is 0 Å². The highest BCUT2D eigenvalue weighted by molar-refractivity contribution is 5.40. The zero-order chi connectivity index (χ0) is 11.5. The summed E-state index contributed by atoms with van der Waals surface area (Å²) in [5.74, 6) is -2.02. The van der Waals surface area contributed by atoms with E-state index in [1.807, 2.05) is 20.8 Å². The smallest absolute Gasteiger partial charge is 0.282 e. The second-order valence-electron chi connectivity index (χ2n) is 3.23. The van der Waals surface area contributed by atoms with Crippen LogP contribution >= 0.6 is 0 Å². The number of halogens is 2. The lowest BCUT2D eigenvalue weighted by Crippen LogP contribution is -2.56. The number of nitrogens with zero attached hydrogens (tertiary/aromatic N) is 3. The van der Waals surface area contributed by atoms with Gasteiger partial charge in [-0.15, -0.1) is 0 Å². The molecule has 2 rings (SSSR count). The first-order chi connectivity index (χ1) is 7.07. The minimum absolute atomic E-state index is 0.245. The molecule has 0 aliphatic carbocycles. The Kier molecular flexibility index (Phi) is 3.55. The Labute approximate surface area is 88.2 Å². The molecule has 1 saturated heterocycles. The fourth-order valence-corrected chi connectivity index (χ4v) is 1.22. The van der Waals surface area contributed by atoms with Crippen molar-refractivity contribution in [2.24, 2.45) is 0 Å². The monoisotopic (exact) mass is 215 g/mol. The van der Waals surface area contributed by atoms with E-state index in [2.05, 4.69) is 9.97 Å². The summed E-state index contributed by atoms with van der Waals surface area (Å²) in [6, 6.07) is 0. The minimum Gasteiger partial charge on any atom is -0.343 e. The minimum atomic E-state index is -2.55. The van der Waals surface area contributed by atoms with E-state index < -0.39 is 5.92 Å². The fourth-order valence-electron chi connectivity index (χ4n) is 1.22. The maximum Gasteiger partial charge on any atom is 0.282 e. The average Bonchev–Trinajstić information content (AvgIpc) is 2.18.